The van der Waals surface area contributed by atoms with E-state index in [0.717, 1.165) is 45.4 Å². The van der Waals surface area contributed by atoms with Crippen LogP contribution in [0, 0.1) is 5.92 Å². The first-order valence-electron chi connectivity index (χ1n) is 17.4. The second-order valence-electron chi connectivity index (χ2n) is 13.1. The lowest BCUT2D eigenvalue weighted by Crippen LogP contribution is -2.60. The van der Waals surface area contributed by atoms with E-state index >= 15 is 0 Å². The Morgan fingerprint density at radius 3 is 2.02 bits per heavy atom. The lowest BCUT2D eigenvalue weighted by molar-refractivity contribution is -0.135. The van der Waals surface area contributed by atoms with Crippen molar-refractivity contribution in [3.63, 3.8) is 0 Å². The van der Waals surface area contributed by atoms with Gasteiger partial charge in [-0.05, 0) is 44.1 Å². The number of nitrogens with zero attached hydrogens (tertiary/aromatic N) is 1. The number of carbonyl (C=O) groups excluding carboxylic acids is 5. The number of benzene rings is 1. The molecule has 10 N–H and O–H groups in total. The van der Waals surface area contributed by atoms with Crippen molar-refractivity contribution in [3.8, 4) is 0 Å². The standard InChI is InChI=1S/C34H54N7O10P/c1-22(2)17-26(38-29(43)16-12-7-5-4-6-9-13-24-14-10-8-11-15-24)32(45)39-27(18-25-19-36-21-37-25)33(46)40-28(20-42)34(47)41-30(31(35)44)23(3)51-52(48,49)50/h8,10-11,14-15,19,21-23,26-28,30,42H,4-7,9,12-13,16-18,20H2,1-3H3,(H2,35,44)(H,36,37)(H,38,43)(H,39,45)(H,40,46)(H,41,47)(H2,48,49,50). The molecule has 0 bridgehead atoms. The second-order valence-corrected chi connectivity index (χ2v) is 14.3. The topological polar surface area (TPSA) is 275 Å². The largest absolute Gasteiger partial charge is 0.469 e. The summed E-state index contributed by atoms with van der Waals surface area (Å²) in [7, 11) is -5.07. The van der Waals surface area contributed by atoms with Gasteiger partial charge < -0.3 is 46.9 Å². The van der Waals surface area contributed by atoms with Crippen molar-refractivity contribution in [3.05, 3.63) is 54.1 Å². The van der Waals surface area contributed by atoms with Crippen molar-refractivity contribution in [1.82, 2.24) is 31.2 Å². The third-order valence-corrected chi connectivity index (χ3v) is 8.73. The second kappa shape index (κ2) is 22.7. The smallest absolute Gasteiger partial charge is 0.394 e. The first-order valence-corrected chi connectivity index (χ1v) is 19.0. The molecule has 1 aromatic carbocycles. The normalized spacial score (nSPS) is 14.4. The minimum atomic E-state index is -5.07. The van der Waals surface area contributed by atoms with E-state index in [0.29, 0.717) is 12.1 Å². The summed E-state index contributed by atoms with van der Waals surface area (Å²) in [5, 5.41) is 19.8. The molecule has 290 valence electrons. The van der Waals surface area contributed by atoms with E-state index in [1.807, 2.05) is 32.0 Å². The molecule has 52 heavy (non-hydrogen) atoms. The van der Waals surface area contributed by atoms with Gasteiger partial charge in [-0.15, -0.1) is 0 Å². The number of H-pyrrole nitrogens is 1. The molecule has 5 atom stereocenters. The summed E-state index contributed by atoms with van der Waals surface area (Å²) in [6.07, 6.45) is 8.50. The molecule has 5 unspecified atom stereocenters. The number of amides is 5. The fourth-order valence-corrected chi connectivity index (χ4v) is 6.01. The molecule has 17 nitrogen and oxygen atoms in total. The molecule has 0 fully saturated rings. The zero-order chi connectivity index (χ0) is 38.7. The molecule has 1 aromatic heterocycles. The molecule has 18 heteroatoms. The van der Waals surface area contributed by atoms with Crippen molar-refractivity contribution in [2.45, 2.75) is 115 Å². The number of hydrogen-bond donors (Lipinski definition) is 9. The van der Waals surface area contributed by atoms with Crippen LogP contribution in [0.5, 0.6) is 0 Å². The van der Waals surface area contributed by atoms with Gasteiger partial charge in [-0.3, -0.25) is 28.5 Å². The Balaban J connectivity index is 2.00. The summed E-state index contributed by atoms with van der Waals surface area (Å²) < 4.78 is 15.7. The molecule has 1 heterocycles. The number of phosphoric acid groups is 1. The molecule has 2 rings (SSSR count). The number of rotatable bonds is 25. The van der Waals surface area contributed by atoms with E-state index in [-0.39, 0.29) is 31.1 Å². The number of aromatic amines is 1. The van der Waals surface area contributed by atoms with E-state index in [4.69, 9.17) is 15.5 Å². The van der Waals surface area contributed by atoms with Crippen LogP contribution in [0.3, 0.4) is 0 Å². The fraction of sp³-hybridized carbons (Fsp3) is 0.588. The van der Waals surface area contributed by atoms with Gasteiger partial charge in [0.15, 0.2) is 0 Å². The van der Waals surface area contributed by atoms with Crippen molar-refractivity contribution < 1.29 is 48.0 Å². The molecule has 0 spiro atoms. The molecule has 5 amide bonds. The molecule has 0 aliphatic heterocycles. The summed E-state index contributed by atoms with van der Waals surface area (Å²) in [5.41, 5.74) is 7.05. The number of nitrogens with two attached hydrogens (primary N) is 1. The molecule has 2 aromatic rings. The predicted octanol–water partition coefficient (Wildman–Crippen LogP) is 0.886. The van der Waals surface area contributed by atoms with E-state index in [2.05, 4.69) is 47.9 Å². The fourth-order valence-electron chi connectivity index (χ4n) is 5.45. The number of imidazole rings is 1. The highest BCUT2D eigenvalue weighted by atomic mass is 31.2. The van der Waals surface area contributed by atoms with Crippen LogP contribution < -0.4 is 27.0 Å². The number of nitrogens with one attached hydrogen (secondary N) is 5. The number of phosphoric ester groups is 1. The van der Waals surface area contributed by atoms with Crippen LogP contribution >= 0.6 is 7.82 Å². The summed E-state index contributed by atoms with van der Waals surface area (Å²) in [4.78, 5) is 89.7. The minimum Gasteiger partial charge on any atom is -0.394 e. The summed E-state index contributed by atoms with van der Waals surface area (Å²) in [6, 6.07) is 4.64. The molecular formula is C34H54N7O10P. The minimum absolute atomic E-state index is 0.00410. The number of aromatic nitrogens is 2. The maximum Gasteiger partial charge on any atom is 0.469 e. The van der Waals surface area contributed by atoms with Crippen LogP contribution in [0.15, 0.2) is 42.9 Å². The lowest BCUT2D eigenvalue weighted by atomic mass is 10.0. The SMILES string of the molecule is CC(C)CC(NC(=O)CCCCCCCCc1ccccc1)C(=O)NC(Cc1cnc[nH]1)C(=O)NC(CO)C(=O)NC(C(N)=O)C(C)OP(=O)(O)O. The average molecular weight is 752 g/mol. The maximum absolute atomic E-state index is 13.5. The van der Waals surface area contributed by atoms with E-state index in [1.165, 1.54) is 18.1 Å². The van der Waals surface area contributed by atoms with E-state index < -0.39 is 68.3 Å². The Hall–Kier alpha value is -4.15. The van der Waals surface area contributed by atoms with Crippen molar-refractivity contribution in [2.75, 3.05) is 6.61 Å². The Kier molecular flexibility index (Phi) is 19.2. The Morgan fingerprint density at radius 2 is 1.44 bits per heavy atom. The van der Waals surface area contributed by atoms with Gasteiger partial charge in [0.05, 0.1) is 19.0 Å². The van der Waals surface area contributed by atoms with Crippen LogP contribution in [0.2, 0.25) is 0 Å². The van der Waals surface area contributed by atoms with Gasteiger partial charge in [-0.25, -0.2) is 9.55 Å². The quantitative estimate of drug-likeness (QED) is 0.0508. The van der Waals surface area contributed by atoms with Crippen molar-refractivity contribution in [2.24, 2.45) is 11.7 Å². The number of hydrogen-bond acceptors (Lipinski definition) is 9. The highest BCUT2D eigenvalue weighted by molar-refractivity contribution is 7.46. The molecule has 0 aliphatic carbocycles. The predicted molar refractivity (Wildman–Crippen MR) is 191 cm³/mol. The van der Waals surface area contributed by atoms with Crippen LogP contribution in [0.1, 0.15) is 83.4 Å². The van der Waals surface area contributed by atoms with Crippen molar-refractivity contribution >= 4 is 37.4 Å². The third kappa shape index (κ3) is 17.4. The van der Waals surface area contributed by atoms with Gasteiger partial charge in [0, 0.05) is 24.7 Å². The summed E-state index contributed by atoms with van der Waals surface area (Å²) >= 11 is 0. The van der Waals surface area contributed by atoms with Crippen LogP contribution in [-0.2, 0) is 45.9 Å². The molecule has 0 saturated carbocycles. The highest BCUT2D eigenvalue weighted by Crippen LogP contribution is 2.38. The van der Waals surface area contributed by atoms with Gasteiger partial charge >= 0.3 is 7.82 Å². The van der Waals surface area contributed by atoms with E-state index in [9.17, 15) is 33.6 Å². The Morgan fingerprint density at radius 1 is 0.846 bits per heavy atom. The number of carbonyl (C=O) groups is 5. The number of aliphatic hydroxyl groups excluding tert-OH is 1. The molecule has 0 aliphatic rings. The maximum atomic E-state index is 13.5. The van der Waals surface area contributed by atoms with Gasteiger partial charge in [0.2, 0.25) is 29.5 Å². The summed E-state index contributed by atoms with van der Waals surface area (Å²) in [5.74, 6) is -4.14. The Bertz CT molecular complexity index is 1460. The lowest BCUT2D eigenvalue weighted by Gasteiger charge is -2.27. The van der Waals surface area contributed by atoms with Gasteiger partial charge in [0.1, 0.15) is 24.2 Å². The number of unbranched alkanes of at least 4 members (excludes halogenated alkanes) is 5. The first-order chi connectivity index (χ1) is 24.6. The number of aryl methyl sites for hydroxylation is 1. The number of aliphatic hydroxyl groups is 1. The molecule has 0 saturated heterocycles. The van der Waals surface area contributed by atoms with Gasteiger partial charge in [-0.2, -0.15) is 0 Å². The first kappa shape index (κ1) is 44.0. The van der Waals surface area contributed by atoms with Gasteiger partial charge in [-0.1, -0.05) is 69.9 Å². The van der Waals surface area contributed by atoms with E-state index in [1.54, 1.807) is 0 Å². The highest BCUT2D eigenvalue weighted by Gasteiger charge is 2.35. The zero-order valence-electron chi connectivity index (χ0n) is 30.0. The monoisotopic (exact) mass is 751 g/mol. The van der Waals surface area contributed by atoms with Crippen LogP contribution in [0.25, 0.3) is 0 Å². The summed E-state index contributed by atoms with van der Waals surface area (Å²) in [6.45, 7) is 3.89. The number of primary amides is 1. The van der Waals surface area contributed by atoms with Crippen molar-refractivity contribution in [1.29, 1.82) is 0 Å². The van der Waals surface area contributed by atoms with Gasteiger partial charge in [0.25, 0.3) is 0 Å². The van der Waals surface area contributed by atoms with Crippen LogP contribution in [-0.4, -0.2) is 91.3 Å². The van der Waals surface area contributed by atoms with Crippen LogP contribution in [0.4, 0.5) is 0 Å². The Labute approximate surface area is 303 Å². The zero-order valence-corrected chi connectivity index (χ0v) is 30.8. The molecule has 0 radical (unpaired) electrons. The third-order valence-electron chi connectivity index (χ3n) is 8.13. The average Bonchev–Trinajstić information content (AvgIpc) is 3.59. The molecular weight excluding hydrogens is 697 g/mol.